The summed E-state index contributed by atoms with van der Waals surface area (Å²) in [5, 5.41) is 4.07. The molecule has 0 bridgehead atoms. The second kappa shape index (κ2) is 10.6. The van der Waals surface area contributed by atoms with Crippen molar-refractivity contribution in [3.63, 3.8) is 0 Å². The molecule has 0 radical (unpaired) electrons. The molecular weight excluding hydrogens is 443 g/mol. The highest BCUT2D eigenvalue weighted by Crippen LogP contribution is 2.10. The lowest BCUT2D eigenvalue weighted by Gasteiger charge is -2.35. The van der Waals surface area contributed by atoms with E-state index in [2.05, 4.69) is 15.2 Å². The Bertz CT molecular complexity index is 546. The van der Waals surface area contributed by atoms with Gasteiger partial charge in [0.1, 0.15) is 0 Å². The van der Waals surface area contributed by atoms with Crippen LogP contribution in [-0.4, -0.2) is 61.7 Å². The molecule has 0 aromatic heterocycles. The van der Waals surface area contributed by atoms with E-state index in [-0.39, 0.29) is 30.1 Å². The van der Waals surface area contributed by atoms with Crippen LogP contribution in [0.1, 0.15) is 12.5 Å². The van der Waals surface area contributed by atoms with Crippen molar-refractivity contribution in [1.82, 2.24) is 15.1 Å². The predicted octanol–water partition coefficient (Wildman–Crippen LogP) is 2.81. The Morgan fingerprint density at radius 3 is 2.33 bits per heavy atom. The number of halogens is 2. The van der Waals surface area contributed by atoms with Gasteiger partial charge in [-0.2, -0.15) is 0 Å². The van der Waals surface area contributed by atoms with Crippen LogP contribution in [0.25, 0.3) is 0 Å². The maximum atomic E-state index is 11.7. The molecule has 2 rings (SSSR count). The Labute approximate surface area is 165 Å². The zero-order valence-corrected chi connectivity index (χ0v) is 17.1. The van der Waals surface area contributed by atoms with Crippen molar-refractivity contribution in [2.24, 2.45) is 4.99 Å². The number of aliphatic imine (C=N–C) groups is 1. The molecule has 0 aliphatic carbocycles. The van der Waals surface area contributed by atoms with Crippen LogP contribution in [0.2, 0.25) is 5.02 Å². The van der Waals surface area contributed by atoms with Crippen molar-refractivity contribution in [2.75, 3.05) is 39.8 Å². The molecule has 1 aliphatic heterocycles. The zero-order chi connectivity index (χ0) is 16.7. The number of guanidine groups is 1. The summed E-state index contributed by atoms with van der Waals surface area (Å²) in [5.74, 6) is 0.837. The molecule has 0 saturated carbocycles. The van der Waals surface area contributed by atoms with Crippen LogP contribution in [-0.2, 0) is 11.3 Å². The van der Waals surface area contributed by atoms with Gasteiger partial charge in [-0.25, -0.2) is 4.79 Å². The van der Waals surface area contributed by atoms with E-state index in [1.54, 1.807) is 11.9 Å². The highest BCUT2D eigenvalue weighted by Gasteiger charge is 2.23. The fourth-order valence-corrected chi connectivity index (χ4v) is 2.56. The van der Waals surface area contributed by atoms with Crippen LogP contribution in [0.3, 0.4) is 0 Å². The number of benzene rings is 1. The molecule has 1 N–H and O–H groups in total. The lowest BCUT2D eigenvalue weighted by molar-refractivity contribution is 0.0914. The van der Waals surface area contributed by atoms with E-state index in [0.29, 0.717) is 26.2 Å². The van der Waals surface area contributed by atoms with E-state index < -0.39 is 0 Å². The van der Waals surface area contributed by atoms with Gasteiger partial charge < -0.3 is 19.9 Å². The van der Waals surface area contributed by atoms with E-state index >= 15 is 0 Å². The fraction of sp³-hybridized carbons (Fsp3) is 0.500. The second-order valence-corrected chi connectivity index (χ2v) is 5.64. The molecule has 24 heavy (non-hydrogen) atoms. The van der Waals surface area contributed by atoms with Crippen molar-refractivity contribution >= 4 is 47.6 Å². The minimum atomic E-state index is -0.240. The molecule has 8 heteroatoms. The van der Waals surface area contributed by atoms with Gasteiger partial charge in [0.15, 0.2) is 5.96 Å². The Kier molecular flexibility index (Phi) is 9.20. The maximum Gasteiger partial charge on any atom is 0.409 e. The number of carbonyl (C=O) groups excluding carboxylic acids is 1. The molecule has 1 saturated heterocycles. The molecular formula is C16H24ClIN4O2. The van der Waals surface area contributed by atoms with Gasteiger partial charge in [-0.05, 0) is 24.6 Å². The van der Waals surface area contributed by atoms with Gasteiger partial charge in [-0.15, -0.1) is 24.0 Å². The van der Waals surface area contributed by atoms with Gasteiger partial charge in [0.25, 0.3) is 0 Å². The van der Waals surface area contributed by atoms with Gasteiger partial charge in [-0.1, -0.05) is 23.7 Å². The number of carbonyl (C=O) groups is 1. The van der Waals surface area contributed by atoms with Crippen LogP contribution in [0.5, 0.6) is 0 Å². The fourth-order valence-electron chi connectivity index (χ4n) is 2.43. The monoisotopic (exact) mass is 466 g/mol. The first-order valence-corrected chi connectivity index (χ1v) is 8.13. The SMILES string of the molecule is CCOC(=O)N1CCN(C(=NC)NCc2ccc(Cl)cc2)CC1.I. The van der Waals surface area contributed by atoms with E-state index in [1.807, 2.05) is 31.2 Å². The minimum Gasteiger partial charge on any atom is -0.450 e. The number of nitrogens with zero attached hydrogens (tertiary/aromatic N) is 3. The van der Waals surface area contributed by atoms with Crippen molar-refractivity contribution < 1.29 is 9.53 Å². The van der Waals surface area contributed by atoms with Gasteiger partial charge in [0.2, 0.25) is 0 Å². The van der Waals surface area contributed by atoms with Gasteiger partial charge >= 0.3 is 6.09 Å². The van der Waals surface area contributed by atoms with Crippen LogP contribution < -0.4 is 5.32 Å². The van der Waals surface area contributed by atoms with E-state index in [0.717, 1.165) is 29.6 Å². The zero-order valence-electron chi connectivity index (χ0n) is 14.0. The predicted molar refractivity (Wildman–Crippen MR) is 107 cm³/mol. The van der Waals surface area contributed by atoms with Crippen molar-refractivity contribution in [3.05, 3.63) is 34.9 Å². The molecule has 1 amide bonds. The summed E-state index contributed by atoms with van der Waals surface area (Å²) < 4.78 is 5.03. The van der Waals surface area contributed by atoms with Gasteiger partial charge in [0.05, 0.1) is 6.61 Å². The van der Waals surface area contributed by atoms with Crippen molar-refractivity contribution in [3.8, 4) is 0 Å². The Morgan fingerprint density at radius 1 is 1.21 bits per heavy atom. The Hall–Kier alpha value is -1.22. The number of amides is 1. The van der Waals surface area contributed by atoms with Crippen LogP contribution in [0.4, 0.5) is 4.79 Å². The number of piperazine rings is 1. The third kappa shape index (κ3) is 6.01. The minimum absolute atomic E-state index is 0. The third-order valence-corrected chi connectivity index (χ3v) is 3.93. The van der Waals surface area contributed by atoms with Gasteiger partial charge in [0, 0.05) is 44.8 Å². The van der Waals surface area contributed by atoms with Gasteiger partial charge in [-0.3, -0.25) is 4.99 Å². The number of hydrogen-bond donors (Lipinski definition) is 1. The normalized spacial score (nSPS) is 14.9. The largest absolute Gasteiger partial charge is 0.450 e. The summed E-state index contributed by atoms with van der Waals surface area (Å²) in [5.41, 5.74) is 1.14. The average molecular weight is 467 g/mol. The summed E-state index contributed by atoms with van der Waals surface area (Å²) >= 11 is 5.89. The van der Waals surface area contributed by atoms with Crippen molar-refractivity contribution in [1.29, 1.82) is 0 Å². The van der Waals surface area contributed by atoms with Crippen LogP contribution >= 0.6 is 35.6 Å². The summed E-state index contributed by atoms with van der Waals surface area (Å²) in [4.78, 5) is 19.9. The Balaban J connectivity index is 0.00000288. The Morgan fingerprint density at radius 2 is 1.79 bits per heavy atom. The number of ether oxygens (including phenoxy) is 1. The number of nitrogens with one attached hydrogen (secondary N) is 1. The van der Waals surface area contributed by atoms with E-state index in [1.165, 1.54) is 0 Å². The standard InChI is InChI=1S/C16H23ClN4O2.HI/c1-3-23-16(22)21-10-8-20(9-11-21)15(18-2)19-12-13-4-6-14(17)7-5-13;/h4-7H,3,8-12H2,1-2H3,(H,18,19);1H. The highest BCUT2D eigenvalue weighted by atomic mass is 127. The smallest absolute Gasteiger partial charge is 0.409 e. The number of rotatable bonds is 3. The summed E-state index contributed by atoms with van der Waals surface area (Å²) in [6.45, 7) is 5.65. The first kappa shape index (κ1) is 20.8. The molecule has 0 spiro atoms. The molecule has 1 heterocycles. The molecule has 1 aromatic rings. The molecule has 1 aromatic carbocycles. The van der Waals surface area contributed by atoms with Crippen LogP contribution in [0.15, 0.2) is 29.3 Å². The first-order chi connectivity index (χ1) is 11.1. The maximum absolute atomic E-state index is 11.7. The lowest BCUT2D eigenvalue weighted by Crippen LogP contribution is -2.53. The van der Waals surface area contributed by atoms with E-state index in [4.69, 9.17) is 16.3 Å². The first-order valence-electron chi connectivity index (χ1n) is 7.75. The highest BCUT2D eigenvalue weighted by molar-refractivity contribution is 14.0. The second-order valence-electron chi connectivity index (χ2n) is 5.20. The number of hydrogen-bond acceptors (Lipinski definition) is 3. The topological polar surface area (TPSA) is 57.2 Å². The lowest BCUT2D eigenvalue weighted by atomic mass is 10.2. The average Bonchev–Trinajstić information content (AvgIpc) is 2.58. The summed E-state index contributed by atoms with van der Waals surface area (Å²) in [6, 6.07) is 7.72. The molecule has 134 valence electrons. The quantitative estimate of drug-likeness (QED) is 0.423. The molecule has 1 fully saturated rings. The van der Waals surface area contributed by atoms with Crippen molar-refractivity contribution in [2.45, 2.75) is 13.5 Å². The third-order valence-electron chi connectivity index (χ3n) is 3.68. The summed E-state index contributed by atoms with van der Waals surface area (Å²) in [7, 11) is 1.77. The summed E-state index contributed by atoms with van der Waals surface area (Å²) in [6.07, 6.45) is -0.240. The van der Waals surface area contributed by atoms with Crippen LogP contribution in [0, 0.1) is 0 Å². The molecule has 1 aliphatic rings. The molecule has 6 nitrogen and oxygen atoms in total. The molecule has 0 unspecified atom stereocenters. The van der Waals surface area contributed by atoms with E-state index in [9.17, 15) is 4.79 Å². The molecule has 0 atom stereocenters.